The lowest BCUT2D eigenvalue weighted by Crippen LogP contribution is -1.93. The van der Waals surface area contributed by atoms with Gasteiger partial charge in [-0.05, 0) is 13.0 Å². The highest BCUT2D eigenvalue weighted by Crippen LogP contribution is 2.42. The number of halogens is 4. The van der Waals surface area contributed by atoms with E-state index in [-0.39, 0.29) is 26.1 Å². The molecule has 18 heavy (non-hydrogen) atoms. The van der Waals surface area contributed by atoms with Crippen LogP contribution >= 0.6 is 46.4 Å². The lowest BCUT2D eigenvalue weighted by atomic mass is 10.4. The Morgan fingerprint density at radius 2 is 1.56 bits per heavy atom. The third-order valence-corrected chi connectivity index (χ3v) is 3.47. The molecule has 0 spiro atoms. The number of aromatic nitrogens is 2. The molecule has 0 aliphatic rings. The van der Waals surface area contributed by atoms with Gasteiger partial charge in [-0.2, -0.15) is 0 Å². The second kappa shape index (κ2) is 5.49. The Balaban J connectivity index is 2.46. The zero-order valence-corrected chi connectivity index (χ0v) is 12.1. The van der Waals surface area contributed by atoms with Crippen LogP contribution < -0.4 is 4.74 Å². The summed E-state index contributed by atoms with van der Waals surface area (Å²) in [7, 11) is 0. The molecule has 0 saturated carbocycles. The van der Waals surface area contributed by atoms with E-state index in [1.165, 1.54) is 0 Å². The summed E-state index contributed by atoms with van der Waals surface area (Å²) >= 11 is 23.5. The maximum atomic E-state index is 5.97. The normalized spacial score (nSPS) is 10.5. The molecule has 0 aliphatic carbocycles. The van der Waals surface area contributed by atoms with Gasteiger partial charge in [0.25, 0.3) is 0 Å². The summed E-state index contributed by atoms with van der Waals surface area (Å²) in [6.07, 6.45) is 0. The van der Waals surface area contributed by atoms with Crippen LogP contribution in [-0.2, 0) is 0 Å². The van der Waals surface area contributed by atoms with E-state index >= 15 is 0 Å². The highest BCUT2D eigenvalue weighted by molar-refractivity contribution is 6.47. The van der Waals surface area contributed by atoms with Crippen LogP contribution in [0.5, 0.6) is 11.6 Å². The maximum absolute atomic E-state index is 5.97. The minimum Gasteiger partial charge on any atom is -0.436 e. The average molecular weight is 324 g/mol. The molecule has 0 saturated heterocycles. The Hall–Kier alpha value is -0.740. The number of aryl methyl sites for hydroxylation is 1. The van der Waals surface area contributed by atoms with Gasteiger partial charge in [0.1, 0.15) is 10.0 Å². The molecule has 0 aliphatic heterocycles. The van der Waals surface area contributed by atoms with Gasteiger partial charge in [0.15, 0.2) is 16.1 Å². The first-order valence-electron chi connectivity index (χ1n) is 4.80. The lowest BCUT2D eigenvalue weighted by molar-refractivity contribution is 0.461. The summed E-state index contributed by atoms with van der Waals surface area (Å²) in [5.41, 5.74) is 0.797. The molecule has 2 aromatic rings. The highest BCUT2D eigenvalue weighted by atomic mass is 35.5. The van der Waals surface area contributed by atoms with E-state index in [2.05, 4.69) is 9.97 Å². The van der Waals surface area contributed by atoms with Crippen molar-refractivity contribution in [1.82, 2.24) is 9.97 Å². The molecular weight excluding hydrogens is 318 g/mol. The van der Waals surface area contributed by atoms with Crippen LogP contribution in [0.15, 0.2) is 18.2 Å². The van der Waals surface area contributed by atoms with Crippen LogP contribution in [0.25, 0.3) is 0 Å². The lowest BCUT2D eigenvalue weighted by Gasteiger charge is -2.10. The van der Waals surface area contributed by atoms with Gasteiger partial charge >= 0.3 is 0 Å². The second-order valence-corrected chi connectivity index (χ2v) is 4.84. The summed E-state index contributed by atoms with van der Waals surface area (Å²) in [5.74, 6) is 0.485. The van der Waals surface area contributed by atoms with Crippen molar-refractivity contribution in [3.8, 4) is 11.6 Å². The first-order chi connectivity index (χ1) is 8.49. The summed E-state index contributed by atoms with van der Waals surface area (Å²) in [6.45, 7) is 1.84. The molecule has 0 radical (unpaired) electrons. The molecule has 0 atom stereocenters. The van der Waals surface area contributed by atoms with E-state index < -0.39 is 0 Å². The van der Waals surface area contributed by atoms with Gasteiger partial charge < -0.3 is 4.74 Å². The Morgan fingerprint density at radius 1 is 0.944 bits per heavy atom. The number of pyridine rings is 2. The fourth-order valence-corrected chi connectivity index (χ4v) is 2.02. The van der Waals surface area contributed by atoms with Gasteiger partial charge in [-0.15, -0.1) is 0 Å². The van der Waals surface area contributed by atoms with E-state index in [1.807, 2.05) is 13.0 Å². The van der Waals surface area contributed by atoms with E-state index in [9.17, 15) is 0 Å². The molecule has 0 unspecified atom stereocenters. The molecule has 0 aromatic carbocycles. The summed E-state index contributed by atoms with van der Waals surface area (Å²) < 4.78 is 5.50. The molecular formula is C11H6Cl4N2O. The van der Waals surface area contributed by atoms with E-state index in [1.54, 1.807) is 12.1 Å². The standard InChI is InChI=1S/C11H6Cl4N2O/c1-5-3-2-4-6(16-5)18-9-7(12)10(14)17-11(15)8(9)13/h2-4H,1H3. The van der Waals surface area contributed by atoms with Crippen molar-refractivity contribution in [2.24, 2.45) is 0 Å². The smallest absolute Gasteiger partial charge is 0.219 e. The van der Waals surface area contributed by atoms with Gasteiger partial charge in [-0.25, -0.2) is 9.97 Å². The van der Waals surface area contributed by atoms with Gasteiger partial charge in [-0.3, -0.25) is 0 Å². The minimum absolute atomic E-state index is 0.0220. The minimum atomic E-state index is 0.0220. The predicted molar refractivity (Wildman–Crippen MR) is 73.3 cm³/mol. The van der Waals surface area contributed by atoms with Crippen LogP contribution in [-0.4, -0.2) is 9.97 Å². The predicted octanol–water partition coefficient (Wildman–Crippen LogP) is 5.19. The van der Waals surface area contributed by atoms with Crippen molar-refractivity contribution in [2.75, 3.05) is 0 Å². The molecule has 0 fully saturated rings. The van der Waals surface area contributed by atoms with Crippen LogP contribution in [0.4, 0.5) is 0 Å². The number of ether oxygens (including phenoxy) is 1. The number of hydrogen-bond acceptors (Lipinski definition) is 3. The molecule has 2 heterocycles. The topological polar surface area (TPSA) is 35.0 Å². The quantitative estimate of drug-likeness (QED) is 0.713. The third-order valence-electron chi connectivity index (χ3n) is 2.03. The Labute approximate surface area is 124 Å². The first-order valence-corrected chi connectivity index (χ1v) is 6.31. The Morgan fingerprint density at radius 3 is 2.11 bits per heavy atom. The van der Waals surface area contributed by atoms with Crippen LogP contribution in [0, 0.1) is 6.92 Å². The maximum Gasteiger partial charge on any atom is 0.219 e. The van der Waals surface area contributed by atoms with Crippen LogP contribution in [0.1, 0.15) is 5.69 Å². The zero-order valence-electron chi connectivity index (χ0n) is 9.05. The number of nitrogens with zero attached hydrogens (tertiary/aromatic N) is 2. The van der Waals surface area contributed by atoms with E-state index in [0.717, 1.165) is 5.69 Å². The fourth-order valence-electron chi connectivity index (χ4n) is 1.24. The second-order valence-electron chi connectivity index (χ2n) is 3.37. The van der Waals surface area contributed by atoms with Crippen molar-refractivity contribution in [2.45, 2.75) is 6.92 Å². The van der Waals surface area contributed by atoms with Gasteiger partial charge in [-0.1, -0.05) is 52.5 Å². The molecule has 94 valence electrons. The Bertz CT molecular complexity index is 578. The molecule has 7 heteroatoms. The van der Waals surface area contributed by atoms with Crippen LogP contribution in [0.3, 0.4) is 0 Å². The number of hydrogen-bond donors (Lipinski definition) is 0. The summed E-state index contributed by atoms with van der Waals surface area (Å²) in [6, 6.07) is 5.30. The largest absolute Gasteiger partial charge is 0.436 e. The number of rotatable bonds is 2. The van der Waals surface area contributed by atoms with E-state index in [0.29, 0.717) is 5.88 Å². The SMILES string of the molecule is Cc1cccc(Oc2c(Cl)c(Cl)nc(Cl)c2Cl)n1. The monoisotopic (exact) mass is 322 g/mol. The third kappa shape index (κ3) is 2.81. The molecule has 0 amide bonds. The summed E-state index contributed by atoms with van der Waals surface area (Å²) in [5, 5.41) is 0.228. The van der Waals surface area contributed by atoms with E-state index in [4.69, 9.17) is 51.1 Å². The van der Waals surface area contributed by atoms with Gasteiger partial charge in [0.2, 0.25) is 5.88 Å². The van der Waals surface area contributed by atoms with Crippen LogP contribution in [0.2, 0.25) is 20.4 Å². The van der Waals surface area contributed by atoms with Crippen molar-refractivity contribution in [3.63, 3.8) is 0 Å². The van der Waals surface area contributed by atoms with Gasteiger partial charge in [0.05, 0.1) is 0 Å². The van der Waals surface area contributed by atoms with Crippen molar-refractivity contribution in [3.05, 3.63) is 44.2 Å². The van der Waals surface area contributed by atoms with Crippen molar-refractivity contribution < 1.29 is 4.74 Å². The highest BCUT2D eigenvalue weighted by Gasteiger charge is 2.18. The zero-order chi connectivity index (χ0) is 13.3. The van der Waals surface area contributed by atoms with Gasteiger partial charge in [0, 0.05) is 11.8 Å². The fraction of sp³-hybridized carbons (Fsp3) is 0.0909. The summed E-state index contributed by atoms with van der Waals surface area (Å²) in [4.78, 5) is 7.92. The molecule has 0 N–H and O–H groups in total. The Kier molecular flexibility index (Phi) is 4.17. The molecule has 2 aromatic heterocycles. The molecule has 2 rings (SSSR count). The average Bonchev–Trinajstić information content (AvgIpc) is 2.32. The van der Waals surface area contributed by atoms with Crippen molar-refractivity contribution in [1.29, 1.82) is 0 Å². The molecule has 3 nitrogen and oxygen atoms in total. The molecule has 0 bridgehead atoms. The van der Waals surface area contributed by atoms with Crippen molar-refractivity contribution >= 4 is 46.4 Å². The first kappa shape index (κ1) is 13.7.